The maximum Gasteiger partial charge on any atom is 0.306 e. The van der Waals surface area contributed by atoms with Crippen LogP contribution in [0.1, 0.15) is 277 Å². The summed E-state index contributed by atoms with van der Waals surface area (Å²) in [5.74, 6) is -0.828. The maximum atomic E-state index is 12.8. The van der Waals surface area contributed by atoms with Crippen LogP contribution in [0.2, 0.25) is 0 Å². The van der Waals surface area contributed by atoms with E-state index in [0.717, 1.165) is 51.4 Å². The highest BCUT2D eigenvalue weighted by Gasteiger charge is 2.22. The smallest absolute Gasteiger partial charge is 0.306 e. The molecule has 0 spiro atoms. The summed E-state index contributed by atoms with van der Waals surface area (Å²) in [6.45, 7) is 4.26. The lowest BCUT2D eigenvalue weighted by Gasteiger charge is -2.28. The molecule has 0 aliphatic carbocycles. The van der Waals surface area contributed by atoms with E-state index in [1.165, 1.54) is 193 Å². The fourth-order valence-electron chi connectivity index (χ4n) is 8.28. The van der Waals surface area contributed by atoms with Crippen molar-refractivity contribution in [3.8, 4) is 0 Å². The topological polar surface area (TPSA) is 111 Å². The van der Waals surface area contributed by atoms with Crippen LogP contribution in [-0.4, -0.2) is 70.0 Å². The predicted octanol–water partition coefficient (Wildman–Crippen LogP) is 16.8. The first kappa shape index (κ1) is 65.5. The van der Waals surface area contributed by atoms with Crippen molar-refractivity contribution in [2.24, 2.45) is 0 Å². The summed E-state index contributed by atoms with van der Waals surface area (Å²) in [7, 11) is 1.17. The number of esters is 2. The van der Waals surface area contributed by atoms with Crippen molar-refractivity contribution in [2.75, 3.05) is 47.5 Å². The maximum absolute atomic E-state index is 12.8. The summed E-state index contributed by atoms with van der Waals surface area (Å²) in [4.78, 5) is 37.8. The van der Waals surface area contributed by atoms with E-state index in [-0.39, 0.29) is 32.0 Å². The van der Waals surface area contributed by atoms with Crippen molar-refractivity contribution in [1.82, 2.24) is 0 Å². The molecule has 0 aromatic rings. The Bertz CT molecular complexity index is 1190. The van der Waals surface area contributed by atoms with Gasteiger partial charge in [0.25, 0.3) is 7.82 Å². The zero-order chi connectivity index (χ0) is 49.2. The van der Waals surface area contributed by atoms with Gasteiger partial charge in [-0.3, -0.25) is 14.2 Å². The van der Waals surface area contributed by atoms with Crippen LogP contribution >= 0.6 is 7.82 Å². The lowest BCUT2D eigenvalue weighted by Crippen LogP contribution is -2.37. The fraction of sp³-hybridized carbons (Fsp3) is 0.895. The number of nitrogens with zero attached hydrogens (tertiary/aromatic N) is 1. The standard InChI is InChI=1S/C57H110NO8P/c1-6-8-10-12-14-16-18-20-22-24-26-27-28-29-30-31-32-34-35-37-39-41-43-45-47-49-56(59)63-53-55(54-65-67(61,62)64-52-51-58(3,4)5)66-57(60)50-48-46-44-42-40-38-36-33-25-23-21-19-17-15-13-11-9-7-2/h17,19,23,25,55H,6-16,18,20-22,24,26-54H2,1-5H3/b19-17-,25-23-. The molecule has 0 aliphatic rings. The molecule has 0 heterocycles. The lowest BCUT2D eigenvalue weighted by atomic mass is 10.0. The summed E-state index contributed by atoms with van der Waals surface area (Å²) < 4.78 is 34.1. The lowest BCUT2D eigenvalue weighted by molar-refractivity contribution is -0.870. The van der Waals surface area contributed by atoms with Crippen LogP contribution in [0.5, 0.6) is 0 Å². The molecule has 0 N–H and O–H groups in total. The number of phosphoric acid groups is 1. The van der Waals surface area contributed by atoms with Crippen LogP contribution < -0.4 is 4.89 Å². The van der Waals surface area contributed by atoms with Gasteiger partial charge < -0.3 is 27.9 Å². The first-order chi connectivity index (χ1) is 32.5. The SMILES string of the molecule is CCCCCC/C=C\C/C=C\CCCCCCCCCC(=O)OC(COC(=O)CCCCCCCCCCCCCCCCCCCCCCCCCCC)COP(=O)([O-])OCC[N+](C)(C)C. The van der Waals surface area contributed by atoms with Crippen molar-refractivity contribution in [2.45, 2.75) is 283 Å². The molecule has 10 heteroatoms. The van der Waals surface area contributed by atoms with Crippen LogP contribution in [0.3, 0.4) is 0 Å². The van der Waals surface area contributed by atoms with Crippen LogP contribution in [0, 0.1) is 0 Å². The van der Waals surface area contributed by atoms with E-state index >= 15 is 0 Å². The van der Waals surface area contributed by atoms with Gasteiger partial charge in [-0.15, -0.1) is 0 Å². The first-order valence-corrected chi connectivity index (χ1v) is 30.0. The number of rotatable bonds is 53. The van der Waals surface area contributed by atoms with Gasteiger partial charge in [0, 0.05) is 12.8 Å². The van der Waals surface area contributed by atoms with Gasteiger partial charge in [-0.05, 0) is 44.9 Å². The molecule has 0 fully saturated rings. The fourth-order valence-corrected chi connectivity index (χ4v) is 9.01. The molecule has 0 rings (SSSR count). The van der Waals surface area contributed by atoms with Gasteiger partial charge in [-0.25, -0.2) is 0 Å². The van der Waals surface area contributed by atoms with Gasteiger partial charge >= 0.3 is 11.9 Å². The molecule has 0 aliphatic heterocycles. The molecular formula is C57H110NO8P. The van der Waals surface area contributed by atoms with Crippen LogP contribution in [0.15, 0.2) is 24.3 Å². The molecule has 0 aromatic heterocycles. The van der Waals surface area contributed by atoms with Gasteiger partial charge in [-0.2, -0.15) is 0 Å². The Balaban J connectivity index is 4.12. The number of allylic oxidation sites excluding steroid dienone is 4. The summed E-state index contributed by atoms with van der Waals surface area (Å²) in [6, 6.07) is 0. The monoisotopic (exact) mass is 968 g/mol. The van der Waals surface area contributed by atoms with Crippen LogP contribution in [0.4, 0.5) is 0 Å². The molecule has 0 amide bonds. The highest BCUT2D eigenvalue weighted by Crippen LogP contribution is 2.38. The Morgan fingerprint density at radius 2 is 0.806 bits per heavy atom. The van der Waals surface area contributed by atoms with Crippen molar-refractivity contribution in [1.29, 1.82) is 0 Å². The third-order valence-electron chi connectivity index (χ3n) is 12.7. The number of hydrogen-bond donors (Lipinski definition) is 0. The Kier molecular flexibility index (Phi) is 48.4. The number of quaternary nitrogens is 1. The van der Waals surface area contributed by atoms with E-state index in [4.69, 9.17) is 18.5 Å². The van der Waals surface area contributed by atoms with E-state index in [1.54, 1.807) is 0 Å². The minimum Gasteiger partial charge on any atom is -0.756 e. The van der Waals surface area contributed by atoms with Crippen molar-refractivity contribution in [3.63, 3.8) is 0 Å². The van der Waals surface area contributed by atoms with Crippen LogP contribution in [0.25, 0.3) is 0 Å². The van der Waals surface area contributed by atoms with Crippen molar-refractivity contribution in [3.05, 3.63) is 24.3 Å². The van der Waals surface area contributed by atoms with Gasteiger partial charge in [0.15, 0.2) is 6.10 Å². The molecule has 0 radical (unpaired) electrons. The molecule has 0 saturated carbocycles. The molecule has 396 valence electrons. The van der Waals surface area contributed by atoms with Gasteiger partial charge in [-0.1, -0.05) is 244 Å². The highest BCUT2D eigenvalue weighted by atomic mass is 31.2. The van der Waals surface area contributed by atoms with E-state index < -0.39 is 26.5 Å². The summed E-state index contributed by atoms with van der Waals surface area (Å²) in [5.41, 5.74) is 0. The van der Waals surface area contributed by atoms with Crippen LogP contribution in [-0.2, 0) is 32.7 Å². The van der Waals surface area contributed by atoms with E-state index in [0.29, 0.717) is 17.4 Å². The average molecular weight is 968 g/mol. The van der Waals surface area contributed by atoms with Crippen molar-refractivity contribution >= 4 is 19.8 Å². The Morgan fingerprint density at radius 3 is 1.19 bits per heavy atom. The van der Waals surface area contributed by atoms with Gasteiger partial charge in [0.05, 0.1) is 27.7 Å². The third-order valence-corrected chi connectivity index (χ3v) is 13.7. The first-order valence-electron chi connectivity index (χ1n) is 28.5. The normalized spacial score (nSPS) is 13.5. The summed E-state index contributed by atoms with van der Waals surface area (Å²) in [5, 5.41) is 0. The van der Waals surface area contributed by atoms with E-state index in [2.05, 4.69) is 38.2 Å². The minimum atomic E-state index is -4.63. The number of phosphoric ester groups is 1. The Hall–Kier alpha value is -1.51. The summed E-state index contributed by atoms with van der Waals surface area (Å²) >= 11 is 0. The molecule has 0 saturated heterocycles. The van der Waals surface area contributed by atoms with Gasteiger partial charge in [0.2, 0.25) is 0 Å². The Morgan fingerprint density at radius 1 is 0.463 bits per heavy atom. The average Bonchev–Trinajstić information content (AvgIpc) is 3.29. The molecule has 0 bridgehead atoms. The summed E-state index contributed by atoms with van der Waals surface area (Å²) in [6.07, 6.45) is 57.9. The molecular weight excluding hydrogens is 858 g/mol. The number of likely N-dealkylation sites (N-methyl/N-ethyl adjacent to an activating group) is 1. The molecule has 0 aromatic carbocycles. The van der Waals surface area contributed by atoms with E-state index in [1.807, 2.05) is 21.1 Å². The minimum absolute atomic E-state index is 0.0302. The van der Waals surface area contributed by atoms with E-state index in [9.17, 15) is 19.0 Å². The van der Waals surface area contributed by atoms with Gasteiger partial charge in [0.1, 0.15) is 19.8 Å². The second-order valence-electron chi connectivity index (χ2n) is 20.7. The third kappa shape index (κ3) is 53.7. The predicted molar refractivity (Wildman–Crippen MR) is 282 cm³/mol. The quantitative estimate of drug-likeness (QED) is 0.0195. The molecule has 9 nitrogen and oxygen atoms in total. The van der Waals surface area contributed by atoms with Crippen molar-refractivity contribution < 1.29 is 42.1 Å². The molecule has 2 unspecified atom stereocenters. The second kappa shape index (κ2) is 49.5. The zero-order valence-electron chi connectivity index (χ0n) is 44.9. The highest BCUT2D eigenvalue weighted by molar-refractivity contribution is 7.45. The molecule has 2 atom stereocenters. The largest absolute Gasteiger partial charge is 0.756 e. The number of hydrogen-bond acceptors (Lipinski definition) is 8. The zero-order valence-corrected chi connectivity index (χ0v) is 45.8. The number of unbranched alkanes of at least 4 members (excludes halogenated alkanes) is 35. The number of carbonyl (C=O) groups is 2. The Labute approximate surface area is 415 Å². The molecule has 67 heavy (non-hydrogen) atoms. The second-order valence-corrected chi connectivity index (χ2v) is 22.1. The number of carbonyl (C=O) groups excluding carboxylic acids is 2. The number of ether oxygens (including phenoxy) is 2.